The van der Waals surface area contributed by atoms with Crippen LogP contribution in [-0.4, -0.2) is 55.8 Å². The van der Waals surface area contributed by atoms with Crippen molar-refractivity contribution in [2.75, 3.05) is 12.3 Å². The zero-order valence-electron chi connectivity index (χ0n) is 10.1. The highest BCUT2D eigenvalue weighted by atomic mass is 32.2. The number of carboxylic acid groups (broad SMARTS) is 1. The fourth-order valence-electron chi connectivity index (χ4n) is 2.02. The lowest BCUT2D eigenvalue weighted by molar-refractivity contribution is -0.144. The molecular formula is C10H10N4O3S3. The summed E-state index contributed by atoms with van der Waals surface area (Å²) in [5, 5.41) is 16.7. The minimum absolute atomic E-state index is 0.120. The first-order valence-electron chi connectivity index (χ1n) is 5.65. The number of β-lactam (4-membered cyclic amide) rings is 1. The second-order valence-corrected chi connectivity index (χ2v) is 7.41. The molecule has 0 aromatic carbocycles. The van der Waals surface area contributed by atoms with Crippen molar-refractivity contribution in [2.24, 2.45) is 5.73 Å². The SMILES string of the molecule is NC1C(=O)N2CC(CSc3nncs3)=C(C(=O)O)S[C@H]12. The third-order valence-corrected chi connectivity index (χ3v) is 6.44. The minimum atomic E-state index is -0.964. The van der Waals surface area contributed by atoms with Gasteiger partial charge in [-0.3, -0.25) is 4.79 Å². The van der Waals surface area contributed by atoms with Gasteiger partial charge in [0, 0.05) is 12.3 Å². The molecule has 3 N–H and O–H groups in total. The predicted octanol–water partition coefficient (Wildman–Crippen LogP) is 0.211. The summed E-state index contributed by atoms with van der Waals surface area (Å²) in [5.41, 5.74) is 8.03. The fraction of sp³-hybridized carbons (Fsp3) is 0.400. The number of carboxylic acids is 1. The maximum absolute atomic E-state index is 11.6. The van der Waals surface area contributed by atoms with Crippen LogP contribution in [0.25, 0.3) is 0 Å². The van der Waals surface area contributed by atoms with Crippen molar-refractivity contribution in [1.29, 1.82) is 0 Å². The molecule has 2 aliphatic rings. The van der Waals surface area contributed by atoms with Crippen molar-refractivity contribution in [1.82, 2.24) is 15.1 Å². The second kappa shape index (κ2) is 5.35. The van der Waals surface area contributed by atoms with E-state index >= 15 is 0 Å². The van der Waals surface area contributed by atoms with Gasteiger partial charge >= 0.3 is 5.97 Å². The van der Waals surface area contributed by atoms with E-state index in [9.17, 15) is 14.7 Å². The standard InChI is InChI=1S/C10H10N4O3S3/c11-5-7(15)14-1-4(2-18-10-13-12-3-19-10)6(9(16)17)20-8(5)14/h3,5,8H,1-2,11H2,(H,16,17)/t5?,8-/m1/s1. The number of rotatable bonds is 4. The van der Waals surface area contributed by atoms with Crippen LogP contribution in [0.3, 0.4) is 0 Å². The zero-order chi connectivity index (χ0) is 14.3. The number of fused-ring (bicyclic) bond motifs is 1. The molecule has 1 fully saturated rings. The van der Waals surface area contributed by atoms with Crippen LogP contribution in [0.15, 0.2) is 20.3 Å². The Balaban J connectivity index is 1.77. The van der Waals surface area contributed by atoms with Gasteiger partial charge in [-0.25, -0.2) is 4.79 Å². The number of aliphatic carboxylic acids is 1. The lowest BCUT2D eigenvalue weighted by Crippen LogP contribution is -2.68. The van der Waals surface area contributed by atoms with Crippen LogP contribution in [0.2, 0.25) is 0 Å². The molecule has 2 aliphatic heterocycles. The number of hydrogen-bond donors (Lipinski definition) is 2. The van der Waals surface area contributed by atoms with Crippen molar-refractivity contribution >= 4 is 46.7 Å². The van der Waals surface area contributed by atoms with Crippen LogP contribution in [0.4, 0.5) is 0 Å². The Hall–Kier alpha value is -1.10. The van der Waals surface area contributed by atoms with Gasteiger partial charge in [0.2, 0.25) is 5.91 Å². The van der Waals surface area contributed by atoms with Crippen LogP contribution in [0.1, 0.15) is 0 Å². The fourth-order valence-corrected chi connectivity index (χ4v) is 4.83. The van der Waals surface area contributed by atoms with E-state index in [1.807, 2.05) is 0 Å². The lowest BCUT2D eigenvalue weighted by atomic mass is 10.1. The van der Waals surface area contributed by atoms with E-state index < -0.39 is 12.0 Å². The quantitative estimate of drug-likeness (QED) is 0.596. The molecular weight excluding hydrogens is 320 g/mol. The first-order valence-corrected chi connectivity index (χ1v) is 8.39. The summed E-state index contributed by atoms with van der Waals surface area (Å²) in [6, 6.07) is -0.591. The van der Waals surface area contributed by atoms with Gasteiger partial charge in [-0.1, -0.05) is 34.9 Å². The Labute approximate surface area is 126 Å². The number of carbonyl (C=O) groups is 2. The summed E-state index contributed by atoms with van der Waals surface area (Å²) in [6.07, 6.45) is 0. The maximum Gasteiger partial charge on any atom is 0.342 e. The highest BCUT2D eigenvalue weighted by Crippen LogP contribution is 2.41. The van der Waals surface area contributed by atoms with E-state index in [0.29, 0.717) is 17.2 Å². The third kappa shape index (κ3) is 2.32. The lowest BCUT2D eigenvalue weighted by Gasteiger charge is -2.48. The van der Waals surface area contributed by atoms with Crippen LogP contribution in [0, 0.1) is 0 Å². The van der Waals surface area contributed by atoms with E-state index in [2.05, 4.69) is 10.2 Å². The topological polar surface area (TPSA) is 109 Å². The van der Waals surface area contributed by atoms with Gasteiger partial charge in [-0.05, 0) is 5.57 Å². The molecule has 1 saturated heterocycles. The normalized spacial score (nSPS) is 25.4. The Bertz CT molecular complexity index is 589. The number of thioether (sulfide) groups is 2. The number of amides is 1. The van der Waals surface area contributed by atoms with Gasteiger partial charge in [0.05, 0.1) is 4.91 Å². The van der Waals surface area contributed by atoms with Crippen LogP contribution >= 0.6 is 34.9 Å². The van der Waals surface area contributed by atoms with E-state index in [0.717, 1.165) is 21.7 Å². The molecule has 0 bridgehead atoms. The van der Waals surface area contributed by atoms with Gasteiger partial charge in [0.1, 0.15) is 16.9 Å². The minimum Gasteiger partial charge on any atom is -0.477 e. The van der Waals surface area contributed by atoms with Gasteiger partial charge in [0.15, 0.2) is 4.34 Å². The van der Waals surface area contributed by atoms with Crippen molar-refractivity contribution < 1.29 is 14.7 Å². The molecule has 0 aliphatic carbocycles. The van der Waals surface area contributed by atoms with Gasteiger partial charge < -0.3 is 15.7 Å². The van der Waals surface area contributed by atoms with Crippen LogP contribution < -0.4 is 5.73 Å². The molecule has 1 amide bonds. The van der Waals surface area contributed by atoms with Crippen molar-refractivity contribution in [2.45, 2.75) is 15.8 Å². The summed E-state index contributed by atoms with van der Waals surface area (Å²) in [4.78, 5) is 24.9. The van der Waals surface area contributed by atoms with Crippen molar-refractivity contribution in [3.63, 3.8) is 0 Å². The monoisotopic (exact) mass is 330 g/mol. The zero-order valence-corrected chi connectivity index (χ0v) is 12.5. The first kappa shape index (κ1) is 13.9. The summed E-state index contributed by atoms with van der Waals surface area (Å²) >= 11 is 3.99. The maximum atomic E-state index is 11.6. The summed E-state index contributed by atoms with van der Waals surface area (Å²) in [6.45, 7) is 0.331. The molecule has 106 valence electrons. The highest BCUT2D eigenvalue weighted by molar-refractivity contribution is 8.05. The molecule has 1 aromatic heterocycles. The molecule has 1 unspecified atom stereocenters. The van der Waals surface area contributed by atoms with Crippen molar-refractivity contribution in [3.8, 4) is 0 Å². The Kier molecular flexibility index (Phi) is 3.71. The molecule has 1 aromatic rings. The Morgan fingerprint density at radius 2 is 2.45 bits per heavy atom. The molecule has 10 heteroatoms. The molecule has 3 heterocycles. The molecule has 20 heavy (non-hydrogen) atoms. The third-order valence-electron chi connectivity index (χ3n) is 3.01. The average Bonchev–Trinajstić information content (AvgIpc) is 2.96. The number of carbonyl (C=O) groups excluding carboxylic acids is 1. The van der Waals surface area contributed by atoms with Gasteiger partial charge in [-0.2, -0.15) is 0 Å². The molecule has 0 radical (unpaired) electrons. The number of hydrogen-bond acceptors (Lipinski definition) is 8. The number of aromatic nitrogens is 2. The summed E-state index contributed by atoms with van der Waals surface area (Å²) in [5.74, 6) is -0.602. The van der Waals surface area contributed by atoms with Crippen LogP contribution in [-0.2, 0) is 9.59 Å². The Morgan fingerprint density at radius 3 is 3.10 bits per heavy atom. The molecule has 0 spiro atoms. The highest BCUT2D eigenvalue weighted by Gasteiger charge is 2.49. The molecule has 0 saturated carbocycles. The largest absolute Gasteiger partial charge is 0.477 e. The van der Waals surface area contributed by atoms with E-state index in [1.165, 1.54) is 23.1 Å². The molecule has 7 nitrogen and oxygen atoms in total. The second-order valence-electron chi connectivity index (χ2n) is 4.23. The summed E-state index contributed by atoms with van der Waals surface area (Å²) < 4.78 is 0.779. The van der Waals surface area contributed by atoms with Gasteiger partial charge in [0.25, 0.3) is 0 Å². The predicted molar refractivity (Wildman–Crippen MR) is 76.4 cm³/mol. The van der Waals surface area contributed by atoms with E-state index in [-0.39, 0.29) is 11.3 Å². The van der Waals surface area contributed by atoms with Crippen molar-refractivity contribution in [3.05, 3.63) is 16.0 Å². The average molecular weight is 330 g/mol. The first-order chi connectivity index (χ1) is 9.58. The number of nitrogens with two attached hydrogens (primary N) is 1. The smallest absolute Gasteiger partial charge is 0.342 e. The summed E-state index contributed by atoms with van der Waals surface area (Å²) in [7, 11) is 0. The molecule has 3 rings (SSSR count). The van der Waals surface area contributed by atoms with Crippen LogP contribution in [0.5, 0.6) is 0 Å². The number of nitrogens with zero attached hydrogens (tertiary/aromatic N) is 3. The Morgan fingerprint density at radius 1 is 1.65 bits per heavy atom. The van der Waals surface area contributed by atoms with E-state index in [4.69, 9.17) is 5.73 Å². The van der Waals surface area contributed by atoms with Gasteiger partial charge in [-0.15, -0.1) is 10.2 Å². The van der Waals surface area contributed by atoms with E-state index in [1.54, 1.807) is 10.4 Å². The molecule has 2 atom stereocenters.